The molecule has 6 nitrogen and oxygen atoms in total. The van der Waals surface area contributed by atoms with Crippen LogP contribution in [0.5, 0.6) is 0 Å². The molecule has 4 rings (SSSR count). The van der Waals surface area contributed by atoms with Crippen molar-refractivity contribution in [3.8, 4) is 0 Å². The molecule has 0 aromatic heterocycles. The van der Waals surface area contributed by atoms with Crippen LogP contribution in [0.2, 0.25) is 0 Å². The zero-order valence-electron chi connectivity index (χ0n) is 18.4. The molecule has 0 aliphatic carbocycles. The lowest BCUT2D eigenvalue weighted by Crippen LogP contribution is -2.32. The molecule has 1 N–H and O–H groups in total. The molecule has 168 valence electrons. The van der Waals surface area contributed by atoms with Gasteiger partial charge in [0.1, 0.15) is 0 Å². The third-order valence-electron chi connectivity index (χ3n) is 6.46. The number of rotatable bonds is 10. The number of amides is 2. The highest BCUT2D eigenvalue weighted by atomic mass is 16.4. The Kier molecular flexibility index (Phi) is 6.88. The molecule has 2 heterocycles. The number of carboxylic acid groups (broad SMARTS) is 1. The number of ketones is 1. The van der Waals surface area contributed by atoms with Gasteiger partial charge in [0.2, 0.25) is 5.91 Å². The second-order valence-electron chi connectivity index (χ2n) is 8.68. The monoisotopic (exact) mass is 434 g/mol. The molecule has 0 atom stereocenters. The molecule has 0 bridgehead atoms. The number of carbonyl (C=O) groups is 3. The van der Waals surface area contributed by atoms with Crippen molar-refractivity contribution in [2.75, 3.05) is 24.5 Å². The van der Waals surface area contributed by atoms with Crippen LogP contribution in [-0.4, -0.2) is 47.4 Å². The molecular formula is C26H30N2O4. The average molecular weight is 435 g/mol. The van der Waals surface area contributed by atoms with E-state index in [1.165, 1.54) is 10.5 Å². The Morgan fingerprint density at radius 2 is 1.66 bits per heavy atom. The Balaban J connectivity index is 1.24. The Labute approximate surface area is 188 Å². The van der Waals surface area contributed by atoms with Crippen molar-refractivity contribution in [2.24, 2.45) is 0 Å². The van der Waals surface area contributed by atoms with Crippen LogP contribution in [0.25, 0.3) is 0 Å². The van der Waals surface area contributed by atoms with Crippen LogP contribution in [0.1, 0.15) is 59.2 Å². The molecule has 0 spiro atoms. The van der Waals surface area contributed by atoms with E-state index in [9.17, 15) is 19.5 Å². The summed E-state index contributed by atoms with van der Waals surface area (Å²) in [6.45, 7) is 1.67. The predicted octanol–water partition coefficient (Wildman–Crippen LogP) is 4.49. The number of hydrogen-bond donors (Lipinski definition) is 1. The second-order valence-corrected chi connectivity index (χ2v) is 8.68. The summed E-state index contributed by atoms with van der Waals surface area (Å²) in [5.41, 5.74) is 5.19. The van der Waals surface area contributed by atoms with Gasteiger partial charge in [0.25, 0.3) is 0 Å². The molecule has 2 amide bonds. The zero-order valence-corrected chi connectivity index (χ0v) is 18.4. The zero-order chi connectivity index (χ0) is 22.5. The minimum absolute atomic E-state index is 0.102. The van der Waals surface area contributed by atoms with Crippen molar-refractivity contribution >= 4 is 23.5 Å². The third-order valence-corrected chi connectivity index (χ3v) is 6.46. The van der Waals surface area contributed by atoms with Gasteiger partial charge in [-0.2, -0.15) is 0 Å². The molecule has 0 saturated heterocycles. The van der Waals surface area contributed by atoms with Crippen LogP contribution in [0.4, 0.5) is 10.5 Å². The summed E-state index contributed by atoms with van der Waals surface area (Å²) in [5.74, 6) is 0.285. The fraction of sp³-hybridized carbons (Fsp3) is 0.423. The standard InChI is InChI=1S/C26H30N2O4/c29-23(22-17-20-11-12-24(30)28-16-13-21(18-22)25(20)28)10-4-5-14-27(26(31)32)15-6-9-19-7-2-1-3-8-19/h1-3,7-8,17-18H,4-6,9-16H2,(H,31,32). The van der Waals surface area contributed by atoms with E-state index in [0.717, 1.165) is 41.6 Å². The minimum Gasteiger partial charge on any atom is -0.465 e. The van der Waals surface area contributed by atoms with Crippen LogP contribution in [0, 0.1) is 0 Å². The van der Waals surface area contributed by atoms with E-state index in [-0.39, 0.29) is 11.7 Å². The van der Waals surface area contributed by atoms with Crippen LogP contribution in [0.15, 0.2) is 42.5 Å². The van der Waals surface area contributed by atoms with Gasteiger partial charge in [-0.3, -0.25) is 9.59 Å². The molecule has 0 unspecified atom stereocenters. The van der Waals surface area contributed by atoms with Crippen molar-refractivity contribution in [1.82, 2.24) is 4.90 Å². The highest BCUT2D eigenvalue weighted by Gasteiger charge is 2.31. The van der Waals surface area contributed by atoms with E-state index in [1.54, 1.807) is 0 Å². The first-order valence-corrected chi connectivity index (χ1v) is 11.5. The van der Waals surface area contributed by atoms with E-state index in [1.807, 2.05) is 35.2 Å². The van der Waals surface area contributed by atoms with Crippen molar-refractivity contribution in [3.05, 3.63) is 64.7 Å². The fourth-order valence-corrected chi connectivity index (χ4v) is 4.77. The topological polar surface area (TPSA) is 77.9 Å². The van der Waals surface area contributed by atoms with E-state index in [0.29, 0.717) is 51.7 Å². The van der Waals surface area contributed by atoms with Gasteiger partial charge in [-0.25, -0.2) is 4.79 Å². The summed E-state index contributed by atoms with van der Waals surface area (Å²) in [6.07, 6.45) is 4.52. The van der Waals surface area contributed by atoms with Crippen molar-refractivity contribution in [2.45, 2.75) is 51.4 Å². The van der Waals surface area contributed by atoms with E-state index >= 15 is 0 Å². The summed E-state index contributed by atoms with van der Waals surface area (Å²) < 4.78 is 0. The SMILES string of the molecule is O=C(CCCCN(CCCc1ccccc1)C(=O)O)c1cc2c3c(c1)CCN3C(=O)CC2. The number of unbranched alkanes of at least 4 members (excludes halogenated alkanes) is 1. The summed E-state index contributed by atoms with van der Waals surface area (Å²) in [4.78, 5) is 39.7. The lowest BCUT2D eigenvalue weighted by atomic mass is 9.94. The number of carbonyl (C=O) groups excluding carboxylic acids is 2. The largest absolute Gasteiger partial charge is 0.465 e. The first-order chi connectivity index (χ1) is 15.5. The third kappa shape index (κ3) is 5.01. The number of nitrogens with zero attached hydrogens (tertiary/aromatic N) is 2. The van der Waals surface area contributed by atoms with Gasteiger partial charge in [0, 0.05) is 38.0 Å². The lowest BCUT2D eigenvalue weighted by Gasteiger charge is -2.25. The van der Waals surface area contributed by atoms with Gasteiger partial charge >= 0.3 is 6.09 Å². The van der Waals surface area contributed by atoms with Crippen molar-refractivity contribution < 1.29 is 19.5 Å². The average Bonchev–Trinajstić information content (AvgIpc) is 3.23. The van der Waals surface area contributed by atoms with Gasteiger partial charge < -0.3 is 14.9 Å². The fourth-order valence-electron chi connectivity index (χ4n) is 4.77. The molecule has 2 aliphatic heterocycles. The van der Waals surface area contributed by atoms with Crippen LogP contribution in [-0.2, 0) is 24.1 Å². The molecule has 0 saturated carbocycles. The smallest absolute Gasteiger partial charge is 0.407 e. The maximum atomic E-state index is 12.8. The maximum Gasteiger partial charge on any atom is 0.407 e. The van der Waals surface area contributed by atoms with Crippen molar-refractivity contribution in [1.29, 1.82) is 0 Å². The molecule has 2 aliphatic rings. The number of anilines is 1. The minimum atomic E-state index is -0.902. The molecule has 2 aromatic rings. The van der Waals surface area contributed by atoms with Crippen molar-refractivity contribution in [3.63, 3.8) is 0 Å². The van der Waals surface area contributed by atoms with Gasteiger partial charge in [-0.1, -0.05) is 30.3 Å². The van der Waals surface area contributed by atoms with Gasteiger partial charge in [-0.15, -0.1) is 0 Å². The number of hydrogen-bond acceptors (Lipinski definition) is 3. The molecule has 0 radical (unpaired) electrons. The Morgan fingerprint density at radius 3 is 2.41 bits per heavy atom. The summed E-state index contributed by atoms with van der Waals surface area (Å²) >= 11 is 0. The van der Waals surface area contributed by atoms with E-state index < -0.39 is 6.09 Å². The molecule has 32 heavy (non-hydrogen) atoms. The normalized spacial score (nSPS) is 14.4. The van der Waals surface area contributed by atoms with Gasteiger partial charge in [0.05, 0.1) is 5.69 Å². The van der Waals surface area contributed by atoms with Crippen LogP contribution >= 0.6 is 0 Å². The Morgan fingerprint density at radius 1 is 0.938 bits per heavy atom. The predicted molar refractivity (Wildman–Crippen MR) is 123 cm³/mol. The quantitative estimate of drug-likeness (QED) is 0.442. The molecule has 2 aromatic carbocycles. The van der Waals surface area contributed by atoms with Gasteiger partial charge in [-0.05, 0) is 67.3 Å². The molecule has 0 fully saturated rings. The highest BCUT2D eigenvalue weighted by Crippen LogP contribution is 2.37. The van der Waals surface area contributed by atoms with Gasteiger partial charge in [0.15, 0.2) is 5.78 Å². The number of benzene rings is 2. The highest BCUT2D eigenvalue weighted by molar-refractivity contribution is 6.02. The summed E-state index contributed by atoms with van der Waals surface area (Å²) in [5, 5.41) is 9.48. The molecule has 6 heteroatoms. The first-order valence-electron chi connectivity index (χ1n) is 11.5. The lowest BCUT2D eigenvalue weighted by molar-refractivity contribution is -0.118. The maximum absolute atomic E-state index is 12.8. The molecular weight excluding hydrogens is 404 g/mol. The number of Topliss-reactive ketones (excluding diaryl/α,β-unsaturated/α-hetero) is 1. The summed E-state index contributed by atoms with van der Waals surface area (Å²) in [6, 6.07) is 14.0. The van der Waals surface area contributed by atoms with E-state index in [4.69, 9.17) is 0 Å². The van der Waals surface area contributed by atoms with Crippen LogP contribution < -0.4 is 4.90 Å². The van der Waals surface area contributed by atoms with E-state index in [2.05, 4.69) is 12.1 Å². The number of aryl methyl sites for hydroxylation is 2. The van der Waals surface area contributed by atoms with Crippen LogP contribution in [0.3, 0.4) is 0 Å². The Hall–Kier alpha value is -3.15. The summed E-state index contributed by atoms with van der Waals surface area (Å²) in [7, 11) is 0. The second kappa shape index (κ2) is 9.98. The Bertz CT molecular complexity index is 1000. The first kappa shape index (κ1) is 22.1.